The Balaban J connectivity index is 2.73. The van der Waals surface area contributed by atoms with Crippen LogP contribution in [0.2, 0.25) is 0 Å². The Bertz CT molecular complexity index is 364. The number of carbonyl (C=O) groups is 1. The SMILES string of the molecule is CSCCNC(=O)c1cn[nH]c1C(F)(F)F. The standard InChI is InChI=1S/C8H10F3N3OS/c1-16-3-2-12-7(15)5-4-13-14-6(5)8(9,10)11/h4H,2-3H2,1H3,(H,12,15)(H,13,14). The van der Waals surface area contributed by atoms with E-state index in [-0.39, 0.29) is 0 Å². The fourth-order valence-electron chi connectivity index (χ4n) is 1.04. The van der Waals surface area contributed by atoms with Crippen molar-refractivity contribution < 1.29 is 18.0 Å². The molecular weight excluding hydrogens is 243 g/mol. The van der Waals surface area contributed by atoms with E-state index in [0.29, 0.717) is 12.3 Å². The molecule has 0 aliphatic carbocycles. The molecule has 1 heterocycles. The molecule has 4 nitrogen and oxygen atoms in total. The summed E-state index contributed by atoms with van der Waals surface area (Å²) in [6.07, 6.45) is -1.88. The minimum absolute atomic E-state index is 0.322. The van der Waals surface area contributed by atoms with Crippen molar-refractivity contribution in [3.05, 3.63) is 17.5 Å². The Kier molecular flexibility index (Phi) is 4.22. The molecule has 0 radical (unpaired) electrons. The van der Waals surface area contributed by atoms with Crippen LogP contribution < -0.4 is 5.32 Å². The van der Waals surface area contributed by atoms with Crippen LogP contribution in [0.25, 0.3) is 0 Å². The van der Waals surface area contributed by atoms with Crippen molar-refractivity contribution in [2.24, 2.45) is 0 Å². The maximum atomic E-state index is 12.4. The molecule has 0 fully saturated rings. The quantitative estimate of drug-likeness (QED) is 0.800. The zero-order valence-electron chi connectivity index (χ0n) is 8.39. The van der Waals surface area contributed by atoms with Crippen molar-refractivity contribution >= 4 is 17.7 Å². The average Bonchev–Trinajstić information content (AvgIpc) is 2.65. The lowest BCUT2D eigenvalue weighted by molar-refractivity contribution is -0.141. The van der Waals surface area contributed by atoms with E-state index in [1.807, 2.05) is 6.26 Å². The van der Waals surface area contributed by atoms with E-state index in [0.717, 1.165) is 6.20 Å². The summed E-state index contributed by atoms with van der Waals surface area (Å²) in [5.74, 6) is -0.125. The van der Waals surface area contributed by atoms with Gasteiger partial charge in [0.05, 0.1) is 11.8 Å². The molecule has 16 heavy (non-hydrogen) atoms. The zero-order chi connectivity index (χ0) is 12.2. The predicted octanol–water partition coefficient (Wildman–Crippen LogP) is 1.52. The molecule has 90 valence electrons. The maximum absolute atomic E-state index is 12.4. The van der Waals surface area contributed by atoms with Gasteiger partial charge in [0.15, 0.2) is 5.69 Å². The van der Waals surface area contributed by atoms with Crippen molar-refractivity contribution in [1.29, 1.82) is 0 Å². The smallest absolute Gasteiger partial charge is 0.351 e. The predicted molar refractivity (Wildman–Crippen MR) is 54.3 cm³/mol. The molecular formula is C8H10F3N3OS. The van der Waals surface area contributed by atoms with Gasteiger partial charge in [-0.3, -0.25) is 9.89 Å². The summed E-state index contributed by atoms with van der Waals surface area (Å²) in [7, 11) is 0. The number of nitrogens with zero attached hydrogens (tertiary/aromatic N) is 1. The number of H-pyrrole nitrogens is 1. The molecule has 0 unspecified atom stereocenters. The first-order chi connectivity index (χ1) is 7.46. The van der Waals surface area contributed by atoms with Gasteiger partial charge in [-0.2, -0.15) is 30.0 Å². The van der Waals surface area contributed by atoms with Crippen LogP contribution in [0.3, 0.4) is 0 Å². The van der Waals surface area contributed by atoms with Crippen molar-refractivity contribution in [3.8, 4) is 0 Å². The van der Waals surface area contributed by atoms with Gasteiger partial charge in [-0.05, 0) is 6.26 Å². The fraction of sp³-hybridized carbons (Fsp3) is 0.500. The highest BCUT2D eigenvalue weighted by Gasteiger charge is 2.37. The van der Waals surface area contributed by atoms with Crippen LogP contribution in [0, 0.1) is 0 Å². The maximum Gasteiger partial charge on any atom is 0.433 e. The lowest BCUT2D eigenvalue weighted by Crippen LogP contribution is -2.27. The first-order valence-electron chi connectivity index (χ1n) is 4.34. The van der Waals surface area contributed by atoms with Gasteiger partial charge in [0, 0.05) is 12.3 Å². The van der Waals surface area contributed by atoms with E-state index in [2.05, 4.69) is 10.4 Å². The summed E-state index contributed by atoms with van der Waals surface area (Å²) in [5.41, 5.74) is -1.59. The van der Waals surface area contributed by atoms with Crippen molar-refractivity contribution in [1.82, 2.24) is 15.5 Å². The molecule has 8 heteroatoms. The van der Waals surface area contributed by atoms with Gasteiger partial charge >= 0.3 is 6.18 Å². The van der Waals surface area contributed by atoms with Gasteiger partial charge in [0.2, 0.25) is 0 Å². The highest BCUT2D eigenvalue weighted by Crippen LogP contribution is 2.29. The summed E-state index contributed by atoms with van der Waals surface area (Å²) in [6.45, 7) is 0.322. The summed E-state index contributed by atoms with van der Waals surface area (Å²) in [4.78, 5) is 11.4. The van der Waals surface area contributed by atoms with Crippen molar-refractivity contribution in [2.45, 2.75) is 6.18 Å². The molecule has 2 N–H and O–H groups in total. The summed E-state index contributed by atoms with van der Waals surface area (Å²) in [6, 6.07) is 0. The van der Waals surface area contributed by atoms with Crippen LogP contribution in [0.4, 0.5) is 13.2 Å². The molecule has 0 aromatic carbocycles. The van der Waals surface area contributed by atoms with E-state index >= 15 is 0 Å². The van der Waals surface area contributed by atoms with E-state index in [9.17, 15) is 18.0 Å². The Hall–Kier alpha value is -1.18. The highest BCUT2D eigenvalue weighted by atomic mass is 32.2. The van der Waals surface area contributed by atoms with Gasteiger partial charge < -0.3 is 5.32 Å². The molecule has 1 amide bonds. The van der Waals surface area contributed by atoms with Gasteiger partial charge in [-0.25, -0.2) is 0 Å². The molecule has 0 spiro atoms. The number of halogens is 3. The monoisotopic (exact) mass is 253 g/mol. The normalized spacial score (nSPS) is 11.5. The largest absolute Gasteiger partial charge is 0.433 e. The molecule has 0 aliphatic heterocycles. The first-order valence-corrected chi connectivity index (χ1v) is 5.74. The van der Waals surface area contributed by atoms with Crippen molar-refractivity contribution in [2.75, 3.05) is 18.6 Å². The lowest BCUT2D eigenvalue weighted by Gasteiger charge is -2.07. The summed E-state index contributed by atoms with van der Waals surface area (Å²) in [5, 5.41) is 7.38. The second-order valence-corrected chi connectivity index (χ2v) is 3.89. The number of amides is 1. The van der Waals surface area contributed by atoms with Crippen LogP contribution in [0.15, 0.2) is 6.20 Å². The number of nitrogens with one attached hydrogen (secondary N) is 2. The minimum atomic E-state index is -4.59. The minimum Gasteiger partial charge on any atom is -0.351 e. The molecule has 0 bridgehead atoms. The Labute approximate surface area is 94.0 Å². The molecule has 0 aliphatic rings. The molecule has 1 rings (SSSR count). The fourth-order valence-corrected chi connectivity index (χ4v) is 1.34. The van der Waals surface area contributed by atoms with Crippen LogP contribution >= 0.6 is 11.8 Å². The van der Waals surface area contributed by atoms with Gasteiger partial charge in [-0.1, -0.05) is 0 Å². The number of hydrogen-bond donors (Lipinski definition) is 2. The first kappa shape index (κ1) is 12.9. The Morgan fingerprint density at radius 2 is 2.31 bits per heavy atom. The third-order valence-electron chi connectivity index (χ3n) is 1.76. The molecule has 1 aromatic rings. The number of carbonyl (C=O) groups excluding carboxylic acids is 1. The molecule has 0 saturated carbocycles. The number of thioether (sulfide) groups is 1. The number of rotatable bonds is 4. The van der Waals surface area contributed by atoms with Crippen LogP contribution in [0.1, 0.15) is 16.1 Å². The highest BCUT2D eigenvalue weighted by molar-refractivity contribution is 7.98. The number of hydrogen-bond acceptors (Lipinski definition) is 3. The Morgan fingerprint density at radius 3 is 2.88 bits per heavy atom. The second kappa shape index (κ2) is 5.24. The van der Waals surface area contributed by atoms with Gasteiger partial charge in [0.1, 0.15) is 0 Å². The molecule has 0 saturated heterocycles. The third kappa shape index (κ3) is 3.16. The molecule has 1 aromatic heterocycles. The van der Waals surface area contributed by atoms with E-state index < -0.39 is 23.3 Å². The van der Waals surface area contributed by atoms with E-state index in [1.165, 1.54) is 11.8 Å². The lowest BCUT2D eigenvalue weighted by atomic mass is 10.2. The van der Waals surface area contributed by atoms with Crippen LogP contribution in [-0.4, -0.2) is 34.7 Å². The number of aromatic amines is 1. The Morgan fingerprint density at radius 1 is 1.62 bits per heavy atom. The number of aromatic nitrogens is 2. The number of alkyl halides is 3. The average molecular weight is 253 g/mol. The van der Waals surface area contributed by atoms with Gasteiger partial charge in [-0.15, -0.1) is 0 Å². The van der Waals surface area contributed by atoms with Crippen molar-refractivity contribution in [3.63, 3.8) is 0 Å². The second-order valence-electron chi connectivity index (χ2n) is 2.91. The molecule has 0 atom stereocenters. The van der Waals surface area contributed by atoms with Gasteiger partial charge in [0.25, 0.3) is 5.91 Å². The topological polar surface area (TPSA) is 57.8 Å². The third-order valence-corrected chi connectivity index (χ3v) is 2.37. The van der Waals surface area contributed by atoms with Crippen LogP contribution in [-0.2, 0) is 6.18 Å². The summed E-state index contributed by atoms with van der Waals surface area (Å²) < 4.78 is 37.1. The van der Waals surface area contributed by atoms with E-state index in [4.69, 9.17) is 0 Å². The summed E-state index contributed by atoms with van der Waals surface area (Å²) >= 11 is 1.49. The zero-order valence-corrected chi connectivity index (χ0v) is 9.21. The van der Waals surface area contributed by atoms with E-state index in [1.54, 1.807) is 5.10 Å². The van der Waals surface area contributed by atoms with Crippen LogP contribution in [0.5, 0.6) is 0 Å².